The van der Waals surface area contributed by atoms with Crippen LogP contribution in [-0.4, -0.2) is 238 Å². The largest absolute Gasteiger partial charge is 0.478 e. The zero-order valence-electron chi connectivity index (χ0n) is 51.1. The zero-order valence-corrected chi connectivity index (χ0v) is 52.7. The van der Waals surface area contributed by atoms with E-state index in [4.69, 9.17) is 49.5 Å². The maximum absolute atomic E-state index is 13.7. The molecule has 6 rings (SSSR count). The molecule has 0 aliphatic carbocycles. The van der Waals surface area contributed by atoms with Gasteiger partial charge in [0.1, 0.15) is 53.5 Å². The Morgan fingerprint density at radius 3 is 2.05 bits per heavy atom. The number of nitrogens with zero attached hydrogens (tertiary/aromatic N) is 6. The molecule has 3 amide bonds. The van der Waals surface area contributed by atoms with E-state index in [0.717, 1.165) is 30.5 Å². The lowest BCUT2D eigenvalue weighted by Gasteiger charge is -2.39. The molecule has 0 radical (unpaired) electrons. The molecule has 7 atom stereocenters. The number of benzene rings is 2. The molecule has 4 aromatic rings. The first-order valence-electron chi connectivity index (χ1n) is 28.7. The van der Waals surface area contributed by atoms with E-state index in [9.17, 15) is 75.8 Å². The highest BCUT2D eigenvalue weighted by molar-refractivity contribution is 7.90. The van der Waals surface area contributed by atoms with Crippen LogP contribution in [0.1, 0.15) is 64.0 Å². The van der Waals surface area contributed by atoms with E-state index < -0.39 is 138 Å². The minimum absolute atomic E-state index is 0.0508. The molecule has 2 aliphatic rings. The van der Waals surface area contributed by atoms with Crippen LogP contribution in [0.15, 0.2) is 88.8 Å². The van der Waals surface area contributed by atoms with Gasteiger partial charge in [-0.05, 0) is 68.8 Å². The molecule has 1 unspecified atom stereocenters. The van der Waals surface area contributed by atoms with Crippen molar-refractivity contribution in [3.63, 3.8) is 0 Å². The number of hydrogen-bond donors (Lipinski definition) is 15. The lowest BCUT2D eigenvalue weighted by Crippen LogP contribution is -2.59. The number of anilines is 1. The van der Waals surface area contributed by atoms with Crippen LogP contribution < -0.4 is 43.0 Å². The van der Waals surface area contributed by atoms with Crippen molar-refractivity contribution in [2.24, 2.45) is 5.84 Å². The summed E-state index contributed by atoms with van der Waals surface area (Å²) >= 11 is 0. The van der Waals surface area contributed by atoms with Gasteiger partial charge in [0, 0.05) is 54.2 Å². The summed E-state index contributed by atoms with van der Waals surface area (Å²) in [7, 11) is -10.5. The summed E-state index contributed by atoms with van der Waals surface area (Å²) in [5.74, 6) is 1.05. The molecular formula is C55H77N13O24S2. The van der Waals surface area contributed by atoms with Crippen LogP contribution in [0.4, 0.5) is 10.5 Å². The van der Waals surface area contributed by atoms with E-state index in [1.807, 2.05) is 0 Å². The highest BCUT2D eigenvalue weighted by Crippen LogP contribution is 2.48. The zero-order chi connectivity index (χ0) is 68.9. The number of carboxylic acid groups (broad SMARTS) is 1. The highest BCUT2D eigenvalue weighted by Gasteiger charge is 2.44. The molecule has 1 saturated heterocycles. The van der Waals surface area contributed by atoms with Gasteiger partial charge in [-0.25, -0.2) is 19.0 Å². The molecule has 37 nitrogen and oxygen atoms in total. The van der Waals surface area contributed by atoms with Gasteiger partial charge in [-0.1, -0.05) is 17.0 Å². The summed E-state index contributed by atoms with van der Waals surface area (Å²) in [5, 5.41) is 87.8. The first kappa shape index (κ1) is 75.1. The van der Waals surface area contributed by atoms with Crippen molar-refractivity contribution in [2.75, 3.05) is 84.9 Å². The smallest absolute Gasteiger partial charge is 0.408 e. The van der Waals surface area contributed by atoms with Crippen LogP contribution in [-0.2, 0) is 84.2 Å². The number of ether oxygens (including phenoxy) is 8. The SMILES string of the molecule is C=C/C(=C1/Oc2c(ccc(N)c2S(=O)(=O)O)C(c2cc(C(=O)NCc3cn(CCOCCOCCNC(O)[C@H](Cc4cn(CCOCCOCCNC(=O)CO[C@@H]5O[C@H](CO)[C@@H](O)[C@H](O)[C@H]5O)nn4)NC(=O)OC(C)(C)C)nn3)ccc2C(=O)O)=C1/C=C\NN)S(=O)(=O)O. The van der Waals surface area contributed by atoms with E-state index in [1.165, 1.54) is 27.7 Å². The number of fused-ring (bicyclic) bond motifs is 1. The van der Waals surface area contributed by atoms with Crippen LogP contribution in [0.2, 0.25) is 0 Å². The highest BCUT2D eigenvalue weighted by atomic mass is 32.2. The topological polar surface area (TPSA) is 546 Å². The summed E-state index contributed by atoms with van der Waals surface area (Å²) in [6.45, 7) is 9.37. The van der Waals surface area contributed by atoms with Crippen molar-refractivity contribution in [3.05, 3.63) is 118 Å². The van der Waals surface area contributed by atoms with Crippen LogP contribution in [0.5, 0.6) is 5.75 Å². The Morgan fingerprint density at radius 1 is 0.830 bits per heavy atom. The fourth-order valence-electron chi connectivity index (χ4n) is 9.04. The Kier molecular flexibility index (Phi) is 28.0. The first-order chi connectivity index (χ1) is 44.5. The van der Waals surface area contributed by atoms with E-state index in [-0.39, 0.29) is 113 Å². The van der Waals surface area contributed by atoms with Crippen LogP contribution in [0.3, 0.4) is 0 Å². The Hall–Kier alpha value is -7.94. The number of amides is 3. The van der Waals surface area contributed by atoms with Crippen molar-refractivity contribution < 1.29 is 114 Å². The lowest BCUT2D eigenvalue weighted by atomic mass is 9.85. The minimum Gasteiger partial charge on any atom is -0.478 e. The molecular weight excluding hydrogens is 1290 g/mol. The Morgan fingerprint density at radius 2 is 1.46 bits per heavy atom. The quantitative estimate of drug-likeness (QED) is 0.00529. The summed E-state index contributed by atoms with van der Waals surface area (Å²) < 4.78 is 118. The number of hydrogen-bond acceptors (Lipinski definition) is 29. The number of allylic oxidation sites excluding steroid dienone is 2. The van der Waals surface area contributed by atoms with E-state index in [0.29, 0.717) is 24.0 Å². The molecule has 2 aromatic heterocycles. The molecule has 1 fully saturated rings. The lowest BCUT2D eigenvalue weighted by molar-refractivity contribution is -0.299. The van der Waals surface area contributed by atoms with Crippen LogP contribution in [0, 0.1) is 0 Å². The molecule has 94 heavy (non-hydrogen) atoms. The number of nitrogens with two attached hydrogens (primary N) is 2. The third-order valence-corrected chi connectivity index (χ3v) is 15.2. The average molecular weight is 1370 g/mol. The Bertz CT molecular complexity index is 3590. The van der Waals surface area contributed by atoms with Gasteiger partial charge in [0.2, 0.25) is 5.91 Å². The molecule has 17 N–H and O–H groups in total. The number of aliphatic hydroxyl groups is 5. The minimum atomic E-state index is -5.25. The summed E-state index contributed by atoms with van der Waals surface area (Å²) in [5.41, 5.74) is 5.70. The van der Waals surface area contributed by atoms with Crippen molar-refractivity contribution in [2.45, 2.75) is 100 Å². The first-order valence-corrected chi connectivity index (χ1v) is 31.6. The van der Waals surface area contributed by atoms with Gasteiger partial charge in [-0.3, -0.25) is 29.9 Å². The number of aromatic nitrogens is 6. The third kappa shape index (κ3) is 21.8. The number of carbonyl (C=O) groups is 4. The number of carboxylic acids is 1. The Labute approximate surface area is 538 Å². The van der Waals surface area contributed by atoms with Crippen molar-refractivity contribution in [1.29, 1.82) is 0 Å². The van der Waals surface area contributed by atoms with Gasteiger partial charge in [-0.2, -0.15) is 16.8 Å². The van der Waals surface area contributed by atoms with Gasteiger partial charge in [0.05, 0.1) is 108 Å². The molecule has 39 heteroatoms. The van der Waals surface area contributed by atoms with Gasteiger partial charge in [-0.15, -0.1) is 10.2 Å². The summed E-state index contributed by atoms with van der Waals surface area (Å²) in [4.78, 5) is 49.4. The number of nitrogens with one attached hydrogen (secondary N) is 5. The molecule has 2 aliphatic heterocycles. The van der Waals surface area contributed by atoms with Crippen LogP contribution in [0.25, 0.3) is 5.57 Å². The average Bonchev–Trinajstić information content (AvgIpc) is 0.817. The number of alkyl carbamates (subject to hydrolysis) is 1. The van der Waals surface area contributed by atoms with Crippen molar-refractivity contribution in [1.82, 2.24) is 56.7 Å². The fourth-order valence-corrected chi connectivity index (χ4v) is 10.4. The van der Waals surface area contributed by atoms with E-state index >= 15 is 0 Å². The molecule has 2 aromatic carbocycles. The molecule has 0 saturated carbocycles. The maximum atomic E-state index is 13.7. The normalized spacial score (nSPS) is 18.8. The standard InChI is InChI=1S/C55H77N13O24S2/c1-5-41(93(79,80)81)47-36(10-11-61-57)43(35-8-9-38(56)49(48(35)91-47)94(82,83)84)37-24-31(6-7-34(37)52(76)77)50(74)60-26-33-28-68(66-64-33)15-19-88-23-21-86-17-13-59-51(75)39(62-54(78)92-55(2,3)4)25-32-27-67(65-63-32)14-18-87-22-20-85-16-12-58-42(70)30-89-53-46(73)45(72)44(71)40(29-69)90-53/h5-11,24,27-28,39-40,44-46,51,53,59,61,69,71-73,75H,1,12-23,25-26,29-30,56-57H2,2-4H3,(H,58,70)(H,60,74)(H,62,78)(H,76,77)(H,79,80,81)(H,82,83,84)/b11-10-,47-41-/t39-,40+,44+,45-,46+,51?,53+/m0/s1. The van der Waals surface area contributed by atoms with Crippen molar-refractivity contribution >= 4 is 55.4 Å². The number of carbonyl (C=O) groups excluding carboxylic acids is 3. The predicted octanol–water partition coefficient (Wildman–Crippen LogP) is -3.17. The number of aromatic carboxylic acids is 1. The number of hydrazine groups is 1. The maximum Gasteiger partial charge on any atom is 0.408 e. The van der Waals surface area contributed by atoms with Gasteiger partial charge in [0.15, 0.2) is 22.7 Å². The fraction of sp³-hybridized carbons (Fsp3) is 0.491. The van der Waals surface area contributed by atoms with Gasteiger partial charge >= 0.3 is 12.1 Å². The van der Waals surface area contributed by atoms with E-state index in [1.54, 1.807) is 27.0 Å². The molecule has 0 bridgehead atoms. The third-order valence-electron chi connectivity index (χ3n) is 13.4. The number of nitrogen functional groups attached to an aromatic ring is 1. The predicted molar refractivity (Wildman–Crippen MR) is 324 cm³/mol. The number of rotatable bonds is 37. The van der Waals surface area contributed by atoms with Gasteiger partial charge < -0.3 is 95.6 Å². The van der Waals surface area contributed by atoms with Gasteiger partial charge in [0.25, 0.3) is 26.1 Å². The summed E-state index contributed by atoms with van der Waals surface area (Å²) in [6.07, 6.45) is -3.45. The molecule has 4 heterocycles. The second-order valence-corrected chi connectivity index (χ2v) is 24.2. The molecule has 518 valence electrons. The number of aliphatic hydroxyl groups excluding tert-OH is 5. The van der Waals surface area contributed by atoms with Crippen molar-refractivity contribution in [3.8, 4) is 5.75 Å². The summed E-state index contributed by atoms with van der Waals surface area (Å²) in [6, 6.07) is 4.70. The van der Waals surface area contributed by atoms with E-state index in [2.05, 4.69) is 53.9 Å². The second kappa shape index (κ2) is 35.0. The van der Waals surface area contributed by atoms with Crippen LogP contribution >= 0.6 is 0 Å². The monoisotopic (exact) mass is 1370 g/mol. The Balaban J connectivity index is 0.922. The second-order valence-electron chi connectivity index (χ2n) is 21.5. The molecule has 0 spiro atoms.